The zero-order valence-corrected chi connectivity index (χ0v) is 19.6. The maximum atomic E-state index is 12.6. The van der Waals surface area contributed by atoms with Crippen molar-refractivity contribution in [3.8, 4) is 0 Å². The fraction of sp³-hybridized carbons (Fsp3) is 0.417. The lowest BCUT2D eigenvalue weighted by Crippen LogP contribution is -2.48. The van der Waals surface area contributed by atoms with Crippen molar-refractivity contribution in [3.63, 3.8) is 0 Å². The van der Waals surface area contributed by atoms with E-state index in [9.17, 15) is 9.59 Å². The van der Waals surface area contributed by atoms with Crippen molar-refractivity contribution >= 4 is 29.1 Å². The van der Waals surface area contributed by atoms with Gasteiger partial charge in [0, 0.05) is 62.1 Å². The highest BCUT2D eigenvalue weighted by molar-refractivity contribution is 6.30. The molecular weight excluding hydrogens is 426 g/mol. The first-order valence-electron chi connectivity index (χ1n) is 10.9. The van der Waals surface area contributed by atoms with Gasteiger partial charge in [-0.15, -0.1) is 0 Å². The number of carbonyl (C=O) groups excluding carboxylic acids is 2. The van der Waals surface area contributed by atoms with E-state index >= 15 is 0 Å². The third-order valence-corrected chi connectivity index (χ3v) is 5.97. The van der Waals surface area contributed by atoms with Crippen LogP contribution in [0.2, 0.25) is 5.02 Å². The summed E-state index contributed by atoms with van der Waals surface area (Å²) >= 11 is 5.90. The van der Waals surface area contributed by atoms with Crippen molar-refractivity contribution in [2.24, 2.45) is 5.73 Å². The van der Waals surface area contributed by atoms with Crippen molar-refractivity contribution in [2.45, 2.75) is 6.42 Å². The Hall–Kier alpha value is -2.61. The van der Waals surface area contributed by atoms with Crippen LogP contribution in [0, 0.1) is 0 Å². The summed E-state index contributed by atoms with van der Waals surface area (Å²) in [7, 11) is 4.15. The summed E-state index contributed by atoms with van der Waals surface area (Å²) < 4.78 is 0. The van der Waals surface area contributed by atoms with Crippen LogP contribution < -0.4 is 16.0 Å². The van der Waals surface area contributed by atoms with E-state index in [4.69, 9.17) is 17.3 Å². The number of primary amides is 1. The monoisotopic (exact) mass is 457 g/mol. The van der Waals surface area contributed by atoms with Gasteiger partial charge in [-0.3, -0.25) is 14.5 Å². The van der Waals surface area contributed by atoms with E-state index in [2.05, 4.69) is 34.1 Å². The van der Waals surface area contributed by atoms with E-state index in [0.717, 1.165) is 50.5 Å². The molecule has 0 bridgehead atoms. The summed E-state index contributed by atoms with van der Waals surface area (Å²) in [5.74, 6) is -0.743. The molecule has 3 N–H and O–H groups in total. The Kier molecular flexibility index (Phi) is 8.50. The number of nitrogens with zero attached hydrogens (tertiary/aromatic N) is 3. The van der Waals surface area contributed by atoms with Crippen LogP contribution in [0.15, 0.2) is 42.5 Å². The highest BCUT2D eigenvalue weighted by Gasteiger charge is 2.22. The quantitative estimate of drug-likeness (QED) is 0.602. The van der Waals surface area contributed by atoms with E-state index in [1.54, 1.807) is 12.1 Å². The van der Waals surface area contributed by atoms with Gasteiger partial charge < -0.3 is 20.9 Å². The molecule has 7 nitrogen and oxygen atoms in total. The van der Waals surface area contributed by atoms with Crippen LogP contribution in [0.4, 0.5) is 5.69 Å². The van der Waals surface area contributed by atoms with Crippen LogP contribution in [0.1, 0.15) is 26.3 Å². The van der Waals surface area contributed by atoms with Crippen molar-refractivity contribution in [1.82, 2.24) is 15.1 Å². The van der Waals surface area contributed by atoms with Crippen LogP contribution >= 0.6 is 11.6 Å². The molecule has 172 valence electrons. The average Bonchev–Trinajstić information content (AvgIpc) is 2.79. The predicted octanol–water partition coefficient (Wildman–Crippen LogP) is 2.10. The number of nitrogens with two attached hydrogens (primary N) is 1. The SMILES string of the molecule is CN(C)CCN1CCN(c2ccc(C(=O)NCCc3ccc(Cl)cc3)cc2C(N)=O)CC1. The van der Waals surface area contributed by atoms with Crippen molar-refractivity contribution in [1.29, 1.82) is 0 Å². The molecule has 0 aliphatic carbocycles. The first kappa shape index (κ1) is 24.0. The van der Waals surface area contributed by atoms with E-state index < -0.39 is 5.91 Å². The minimum atomic E-state index is -0.522. The third kappa shape index (κ3) is 6.69. The maximum absolute atomic E-state index is 12.6. The zero-order chi connectivity index (χ0) is 23.1. The molecule has 32 heavy (non-hydrogen) atoms. The number of halogens is 1. The van der Waals surface area contributed by atoms with E-state index in [-0.39, 0.29) is 5.91 Å². The van der Waals surface area contributed by atoms with Crippen molar-refractivity contribution in [2.75, 3.05) is 64.8 Å². The molecule has 3 rings (SSSR count). The molecule has 2 aromatic carbocycles. The Labute approximate surface area is 195 Å². The van der Waals surface area contributed by atoms with E-state index in [1.807, 2.05) is 30.3 Å². The summed E-state index contributed by atoms with van der Waals surface area (Å²) in [4.78, 5) is 31.5. The molecule has 1 aliphatic rings. The smallest absolute Gasteiger partial charge is 0.251 e. The Bertz CT molecular complexity index is 924. The summed E-state index contributed by atoms with van der Waals surface area (Å²) in [5.41, 5.74) is 8.37. The molecule has 0 aromatic heterocycles. The summed E-state index contributed by atoms with van der Waals surface area (Å²) in [6.07, 6.45) is 0.696. The number of carbonyl (C=O) groups is 2. The molecule has 1 fully saturated rings. The van der Waals surface area contributed by atoms with Gasteiger partial charge in [-0.05, 0) is 56.4 Å². The minimum absolute atomic E-state index is 0.221. The molecule has 1 saturated heterocycles. The molecule has 0 saturated carbocycles. The first-order valence-corrected chi connectivity index (χ1v) is 11.3. The summed E-state index contributed by atoms with van der Waals surface area (Å²) in [5, 5.41) is 3.59. The van der Waals surface area contributed by atoms with Gasteiger partial charge in [0.05, 0.1) is 5.56 Å². The number of piperazine rings is 1. The number of likely N-dealkylation sites (N-methyl/N-ethyl adjacent to an activating group) is 1. The second kappa shape index (κ2) is 11.3. The molecular formula is C24H32ClN5O2. The summed E-state index contributed by atoms with van der Waals surface area (Å²) in [6, 6.07) is 12.7. The van der Waals surface area contributed by atoms with Crippen LogP contribution in [0.3, 0.4) is 0 Å². The molecule has 0 unspecified atom stereocenters. The normalized spacial score (nSPS) is 14.6. The Morgan fingerprint density at radius 2 is 1.75 bits per heavy atom. The lowest BCUT2D eigenvalue weighted by molar-refractivity contribution is 0.0954. The van der Waals surface area contributed by atoms with Gasteiger partial charge in [-0.25, -0.2) is 0 Å². The van der Waals surface area contributed by atoms with Crippen LogP contribution in [-0.4, -0.2) is 81.5 Å². The van der Waals surface area contributed by atoms with Gasteiger partial charge in [0.2, 0.25) is 0 Å². The molecule has 1 heterocycles. The highest BCUT2D eigenvalue weighted by Crippen LogP contribution is 2.23. The van der Waals surface area contributed by atoms with Gasteiger partial charge in [0.15, 0.2) is 0 Å². The van der Waals surface area contributed by atoms with Crippen molar-refractivity contribution in [3.05, 3.63) is 64.2 Å². The Balaban J connectivity index is 1.59. The van der Waals surface area contributed by atoms with Crippen LogP contribution in [0.25, 0.3) is 0 Å². The molecule has 2 amide bonds. The number of amides is 2. The fourth-order valence-corrected chi connectivity index (χ4v) is 3.90. The number of benzene rings is 2. The summed E-state index contributed by atoms with van der Waals surface area (Å²) in [6.45, 7) is 6.04. The molecule has 1 aliphatic heterocycles. The van der Waals surface area contributed by atoms with E-state index in [0.29, 0.717) is 29.1 Å². The lowest BCUT2D eigenvalue weighted by Gasteiger charge is -2.37. The van der Waals surface area contributed by atoms with Gasteiger partial charge in [-0.1, -0.05) is 23.7 Å². The van der Waals surface area contributed by atoms with Gasteiger partial charge >= 0.3 is 0 Å². The maximum Gasteiger partial charge on any atom is 0.251 e. The van der Waals surface area contributed by atoms with E-state index in [1.165, 1.54) is 0 Å². The second-order valence-electron chi connectivity index (χ2n) is 8.36. The van der Waals surface area contributed by atoms with Crippen LogP contribution in [0.5, 0.6) is 0 Å². The van der Waals surface area contributed by atoms with Gasteiger partial charge in [0.25, 0.3) is 11.8 Å². The second-order valence-corrected chi connectivity index (χ2v) is 8.80. The van der Waals surface area contributed by atoms with Crippen LogP contribution in [-0.2, 0) is 6.42 Å². The highest BCUT2D eigenvalue weighted by atomic mass is 35.5. The number of nitrogens with one attached hydrogen (secondary N) is 1. The topological polar surface area (TPSA) is 81.9 Å². The lowest BCUT2D eigenvalue weighted by atomic mass is 10.1. The zero-order valence-electron chi connectivity index (χ0n) is 18.8. The van der Waals surface area contributed by atoms with Gasteiger partial charge in [-0.2, -0.15) is 0 Å². The molecule has 8 heteroatoms. The van der Waals surface area contributed by atoms with Gasteiger partial charge in [0.1, 0.15) is 0 Å². The Morgan fingerprint density at radius 1 is 1.06 bits per heavy atom. The predicted molar refractivity (Wildman–Crippen MR) is 130 cm³/mol. The minimum Gasteiger partial charge on any atom is -0.368 e. The molecule has 2 aromatic rings. The molecule has 0 atom stereocenters. The average molecular weight is 458 g/mol. The first-order chi connectivity index (χ1) is 15.3. The third-order valence-electron chi connectivity index (χ3n) is 5.71. The molecule has 0 spiro atoms. The fourth-order valence-electron chi connectivity index (χ4n) is 3.78. The number of hydrogen-bond donors (Lipinski definition) is 2. The Morgan fingerprint density at radius 3 is 2.38 bits per heavy atom. The molecule has 0 radical (unpaired) electrons. The number of anilines is 1. The number of rotatable bonds is 9. The number of hydrogen-bond acceptors (Lipinski definition) is 5. The van der Waals surface area contributed by atoms with Crippen molar-refractivity contribution < 1.29 is 9.59 Å². The largest absolute Gasteiger partial charge is 0.368 e. The standard InChI is InChI=1S/C24H32ClN5O2/c1-28(2)11-12-29-13-15-30(16-14-29)22-8-5-19(17-21(22)23(26)31)24(32)27-10-9-18-3-6-20(25)7-4-18/h3-8,17H,9-16H2,1-2H3,(H2,26,31)(H,27,32).